The van der Waals surface area contributed by atoms with Crippen molar-refractivity contribution < 1.29 is 23.2 Å². The smallest absolute Gasteiger partial charge is 0.254 e. The fourth-order valence-electron chi connectivity index (χ4n) is 2.41. The molecular weight excluding hydrogens is 348 g/mol. The van der Waals surface area contributed by atoms with Gasteiger partial charge in [-0.25, -0.2) is 0 Å². The predicted octanol–water partition coefficient (Wildman–Crippen LogP) is 2.64. The van der Waals surface area contributed by atoms with Gasteiger partial charge in [0.15, 0.2) is 0 Å². The van der Waals surface area contributed by atoms with Gasteiger partial charge in [0.1, 0.15) is 18.6 Å². The van der Waals surface area contributed by atoms with Crippen LogP contribution in [0.5, 0.6) is 0 Å². The zero-order chi connectivity index (χ0) is 18.9. The van der Waals surface area contributed by atoms with E-state index in [1.807, 2.05) is 36.4 Å². The third-order valence-electron chi connectivity index (χ3n) is 3.77. The molecule has 2 N–H and O–H groups in total. The first-order valence-corrected chi connectivity index (χ1v) is 8.46. The summed E-state index contributed by atoms with van der Waals surface area (Å²) in [6.45, 7) is 1.12. The Kier molecular flexibility index (Phi) is 6.43. The zero-order valence-corrected chi connectivity index (χ0v) is 14.6. The molecule has 0 radical (unpaired) electrons. The van der Waals surface area contributed by atoms with Gasteiger partial charge in [0.05, 0.1) is 31.2 Å². The van der Waals surface area contributed by atoms with E-state index in [1.54, 1.807) is 6.26 Å². The third kappa shape index (κ3) is 5.86. The van der Waals surface area contributed by atoms with Gasteiger partial charge in [-0.1, -0.05) is 24.3 Å². The fraction of sp³-hybridized carbons (Fsp3) is 0.200. The highest BCUT2D eigenvalue weighted by Gasteiger charge is 2.09. The summed E-state index contributed by atoms with van der Waals surface area (Å²) < 4.78 is 15.7. The Morgan fingerprint density at radius 2 is 1.85 bits per heavy atom. The second-order valence-corrected chi connectivity index (χ2v) is 5.86. The standard InChI is InChI=1S/C20H20N2O5/c23-19(11-22-20(24)17-6-8-25-13-17)21-10-15-3-1-4-16(9-15)12-26-14-18-5-2-7-27-18/h1-9,13H,10-12,14H2,(H,21,23)(H,22,24). The zero-order valence-electron chi connectivity index (χ0n) is 14.6. The third-order valence-corrected chi connectivity index (χ3v) is 3.77. The molecule has 2 aromatic heterocycles. The number of furan rings is 2. The maximum absolute atomic E-state index is 11.9. The van der Waals surface area contributed by atoms with Crippen LogP contribution in [0.4, 0.5) is 0 Å². The molecular formula is C20H20N2O5. The monoisotopic (exact) mass is 368 g/mol. The molecule has 2 heterocycles. The number of nitrogens with one attached hydrogen (secondary N) is 2. The van der Waals surface area contributed by atoms with Crippen molar-refractivity contribution in [3.8, 4) is 0 Å². The van der Waals surface area contributed by atoms with E-state index in [9.17, 15) is 9.59 Å². The van der Waals surface area contributed by atoms with Gasteiger partial charge in [0.2, 0.25) is 5.91 Å². The minimum absolute atomic E-state index is 0.101. The molecule has 7 heteroatoms. The first-order chi connectivity index (χ1) is 13.2. The maximum atomic E-state index is 11.9. The lowest BCUT2D eigenvalue weighted by molar-refractivity contribution is -0.120. The molecule has 3 aromatic rings. The molecule has 0 atom stereocenters. The van der Waals surface area contributed by atoms with Crippen LogP contribution >= 0.6 is 0 Å². The number of carbonyl (C=O) groups is 2. The van der Waals surface area contributed by atoms with E-state index < -0.39 is 0 Å². The van der Waals surface area contributed by atoms with Crippen LogP contribution in [0.3, 0.4) is 0 Å². The van der Waals surface area contributed by atoms with Gasteiger partial charge >= 0.3 is 0 Å². The Morgan fingerprint density at radius 3 is 2.63 bits per heavy atom. The molecule has 3 rings (SSSR count). The van der Waals surface area contributed by atoms with Crippen molar-refractivity contribution in [1.29, 1.82) is 0 Å². The van der Waals surface area contributed by atoms with Crippen LogP contribution in [-0.4, -0.2) is 18.4 Å². The highest BCUT2D eigenvalue weighted by Crippen LogP contribution is 2.09. The molecule has 0 aliphatic rings. The fourth-order valence-corrected chi connectivity index (χ4v) is 2.41. The Morgan fingerprint density at radius 1 is 0.963 bits per heavy atom. The average molecular weight is 368 g/mol. The van der Waals surface area contributed by atoms with Gasteiger partial charge in [0.25, 0.3) is 5.91 Å². The van der Waals surface area contributed by atoms with Crippen LogP contribution in [0, 0.1) is 0 Å². The van der Waals surface area contributed by atoms with Crippen molar-refractivity contribution in [2.24, 2.45) is 0 Å². The first-order valence-electron chi connectivity index (χ1n) is 8.46. The second kappa shape index (κ2) is 9.40. The first kappa shape index (κ1) is 18.5. The molecule has 1 aromatic carbocycles. The van der Waals surface area contributed by atoms with Gasteiger partial charge in [-0.05, 0) is 29.3 Å². The van der Waals surface area contributed by atoms with E-state index >= 15 is 0 Å². The number of rotatable bonds is 9. The van der Waals surface area contributed by atoms with Gasteiger partial charge in [-0.2, -0.15) is 0 Å². The van der Waals surface area contributed by atoms with Crippen LogP contribution in [0.25, 0.3) is 0 Å². The lowest BCUT2D eigenvalue weighted by Crippen LogP contribution is -2.36. The van der Waals surface area contributed by atoms with Crippen molar-refractivity contribution in [3.63, 3.8) is 0 Å². The van der Waals surface area contributed by atoms with Crippen LogP contribution in [0.15, 0.2) is 70.1 Å². The number of hydrogen-bond donors (Lipinski definition) is 2. The van der Waals surface area contributed by atoms with E-state index in [0.29, 0.717) is 25.3 Å². The Hall–Kier alpha value is -3.32. The van der Waals surface area contributed by atoms with E-state index in [0.717, 1.165) is 16.9 Å². The highest BCUT2D eigenvalue weighted by atomic mass is 16.5. The van der Waals surface area contributed by atoms with Crippen LogP contribution < -0.4 is 10.6 Å². The quantitative estimate of drug-likeness (QED) is 0.606. The highest BCUT2D eigenvalue weighted by molar-refractivity contribution is 5.96. The second-order valence-electron chi connectivity index (χ2n) is 5.86. The van der Waals surface area contributed by atoms with E-state index in [-0.39, 0.29) is 18.4 Å². The molecule has 0 aliphatic carbocycles. The summed E-state index contributed by atoms with van der Waals surface area (Å²) in [7, 11) is 0. The van der Waals surface area contributed by atoms with Gasteiger partial charge in [-0.3, -0.25) is 9.59 Å². The van der Waals surface area contributed by atoms with E-state index in [1.165, 1.54) is 18.6 Å². The van der Waals surface area contributed by atoms with Gasteiger partial charge in [-0.15, -0.1) is 0 Å². The predicted molar refractivity (Wildman–Crippen MR) is 96.5 cm³/mol. The van der Waals surface area contributed by atoms with Gasteiger partial charge < -0.3 is 24.2 Å². The van der Waals surface area contributed by atoms with Crippen molar-refractivity contribution in [2.45, 2.75) is 19.8 Å². The Balaban J connectivity index is 1.39. The number of benzene rings is 1. The summed E-state index contributed by atoms with van der Waals surface area (Å²) in [4.78, 5) is 23.6. The number of amides is 2. The summed E-state index contributed by atoms with van der Waals surface area (Å²) in [5.74, 6) is 0.150. The van der Waals surface area contributed by atoms with Crippen molar-refractivity contribution >= 4 is 11.8 Å². The largest absolute Gasteiger partial charge is 0.472 e. The summed E-state index contributed by atoms with van der Waals surface area (Å²) in [6, 6.07) is 13.0. The molecule has 0 spiro atoms. The minimum Gasteiger partial charge on any atom is -0.472 e. The molecule has 0 aliphatic heterocycles. The molecule has 2 amide bonds. The molecule has 0 saturated carbocycles. The van der Waals surface area contributed by atoms with E-state index in [4.69, 9.17) is 13.6 Å². The summed E-state index contributed by atoms with van der Waals surface area (Å²) >= 11 is 0. The van der Waals surface area contributed by atoms with Crippen molar-refractivity contribution in [2.75, 3.05) is 6.54 Å². The molecule has 0 bridgehead atoms. The summed E-state index contributed by atoms with van der Waals surface area (Å²) in [5.41, 5.74) is 2.33. The van der Waals surface area contributed by atoms with E-state index in [2.05, 4.69) is 10.6 Å². The van der Waals surface area contributed by atoms with Crippen LogP contribution in [0.2, 0.25) is 0 Å². The lowest BCUT2D eigenvalue weighted by Gasteiger charge is -2.08. The van der Waals surface area contributed by atoms with Crippen molar-refractivity contribution in [3.05, 3.63) is 83.7 Å². The van der Waals surface area contributed by atoms with Crippen molar-refractivity contribution in [1.82, 2.24) is 10.6 Å². The average Bonchev–Trinajstić information content (AvgIpc) is 3.39. The lowest BCUT2D eigenvalue weighted by atomic mass is 10.1. The van der Waals surface area contributed by atoms with Gasteiger partial charge in [0, 0.05) is 6.54 Å². The SMILES string of the molecule is O=C(CNC(=O)c1ccoc1)NCc1cccc(COCc2ccco2)c1. The number of carbonyl (C=O) groups excluding carboxylic acids is 2. The molecule has 27 heavy (non-hydrogen) atoms. The van der Waals surface area contributed by atoms with Crippen LogP contribution in [0.1, 0.15) is 27.2 Å². The summed E-state index contributed by atoms with van der Waals surface area (Å²) in [6.07, 6.45) is 4.34. The normalized spacial score (nSPS) is 10.5. The number of hydrogen-bond acceptors (Lipinski definition) is 5. The number of ether oxygens (including phenoxy) is 1. The maximum Gasteiger partial charge on any atom is 0.254 e. The molecule has 0 saturated heterocycles. The molecule has 0 fully saturated rings. The Labute approximate surface area is 156 Å². The van der Waals surface area contributed by atoms with Crippen LogP contribution in [-0.2, 0) is 29.3 Å². The topological polar surface area (TPSA) is 93.7 Å². The molecule has 140 valence electrons. The molecule has 0 unspecified atom stereocenters. The summed E-state index contributed by atoms with van der Waals surface area (Å²) in [5, 5.41) is 5.31. The Bertz CT molecular complexity index is 856. The molecule has 7 nitrogen and oxygen atoms in total. The minimum atomic E-state index is -0.352.